The Morgan fingerprint density at radius 2 is 0.857 bits per heavy atom. The smallest absolute Gasteiger partial charge is 0.164 e. The quantitative estimate of drug-likeness (QED) is 0.174. The summed E-state index contributed by atoms with van der Waals surface area (Å²) < 4.78 is 9.08. The fourth-order valence-electron chi connectivity index (χ4n) is 10.2. The second kappa shape index (κ2) is 13.8. The molecule has 0 amide bonds. The lowest BCUT2D eigenvalue weighted by Gasteiger charge is -2.39. The van der Waals surface area contributed by atoms with Gasteiger partial charge in [-0.3, -0.25) is 0 Å². The predicted molar refractivity (Wildman–Crippen MR) is 253 cm³/mol. The highest BCUT2D eigenvalue weighted by molar-refractivity contribution is 6.17. The van der Waals surface area contributed by atoms with Crippen LogP contribution < -0.4 is 4.74 Å². The number of hydrogen-bond donors (Lipinski definition) is 0. The molecule has 294 valence electrons. The Bertz CT molecular complexity index is 3530. The third-order valence-corrected chi connectivity index (χ3v) is 12.9. The van der Waals surface area contributed by atoms with Crippen LogP contribution in [0.3, 0.4) is 0 Å². The van der Waals surface area contributed by atoms with Gasteiger partial charge in [-0.15, -0.1) is 0 Å². The molecule has 0 saturated carbocycles. The normalized spacial score (nSPS) is 13.0. The number of nitrogens with zero attached hydrogens (tertiary/aromatic N) is 4. The van der Waals surface area contributed by atoms with E-state index in [-0.39, 0.29) is 0 Å². The van der Waals surface area contributed by atoms with Crippen LogP contribution in [0.25, 0.3) is 83.9 Å². The van der Waals surface area contributed by atoms with Gasteiger partial charge in [0.15, 0.2) is 17.5 Å². The zero-order chi connectivity index (χ0) is 41.5. The third kappa shape index (κ3) is 5.27. The van der Waals surface area contributed by atoms with Crippen molar-refractivity contribution in [2.24, 2.45) is 0 Å². The zero-order valence-electron chi connectivity index (χ0n) is 34.0. The van der Waals surface area contributed by atoms with Crippen molar-refractivity contribution >= 4 is 21.8 Å². The van der Waals surface area contributed by atoms with E-state index in [1.165, 1.54) is 22.3 Å². The largest absolute Gasteiger partial charge is 0.457 e. The van der Waals surface area contributed by atoms with Gasteiger partial charge in [-0.2, -0.15) is 0 Å². The van der Waals surface area contributed by atoms with Crippen LogP contribution in [0.15, 0.2) is 218 Å². The van der Waals surface area contributed by atoms with Gasteiger partial charge in [0.05, 0.1) is 16.4 Å². The lowest BCUT2D eigenvalue weighted by molar-refractivity contribution is 0.436. The second-order valence-electron chi connectivity index (χ2n) is 16.3. The van der Waals surface area contributed by atoms with E-state index in [1.54, 1.807) is 0 Å². The molecule has 0 N–H and O–H groups in total. The summed E-state index contributed by atoms with van der Waals surface area (Å²) in [7, 11) is 0. The molecule has 0 atom stereocenters. The van der Waals surface area contributed by atoms with E-state index in [9.17, 15) is 0 Å². The first kappa shape index (κ1) is 35.4. The molecule has 13 rings (SSSR count). The minimum atomic E-state index is -0.601. The predicted octanol–water partition coefficient (Wildman–Crippen LogP) is 14.1. The Hall–Kier alpha value is -8.41. The molecule has 0 saturated heterocycles. The summed E-state index contributed by atoms with van der Waals surface area (Å²) in [6.45, 7) is 0. The minimum absolute atomic E-state index is 0.601. The number of benzene rings is 9. The number of ether oxygens (including phenoxy) is 1. The Kier molecular flexibility index (Phi) is 7.75. The summed E-state index contributed by atoms with van der Waals surface area (Å²) in [5.41, 5.74) is 14.9. The monoisotopic (exact) mass is 804 g/mol. The Morgan fingerprint density at radius 1 is 0.349 bits per heavy atom. The summed E-state index contributed by atoms with van der Waals surface area (Å²) in [6.07, 6.45) is 0. The lowest BCUT2D eigenvalue weighted by atomic mass is 9.66. The van der Waals surface area contributed by atoms with E-state index >= 15 is 0 Å². The molecule has 63 heavy (non-hydrogen) atoms. The molecule has 0 radical (unpaired) electrons. The van der Waals surface area contributed by atoms with Gasteiger partial charge in [0, 0.05) is 44.3 Å². The van der Waals surface area contributed by atoms with Crippen LogP contribution in [-0.4, -0.2) is 19.5 Å². The van der Waals surface area contributed by atoms with E-state index in [2.05, 4.69) is 199 Å². The number of fused-ring (bicyclic) bond motifs is 12. The van der Waals surface area contributed by atoms with Crippen molar-refractivity contribution in [1.29, 1.82) is 0 Å². The maximum absolute atomic E-state index is 6.67. The van der Waals surface area contributed by atoms with E-state index in [1.807, 2.05) is 24.3 Å². The average Bonchev–Trinajstić information content (AvgIpc) is 3.84. The van der Waals surface area contributed by atoms with Crippen LogP contribution in [0.4, 0.5) is 0 Å². The molecule has 1 aliphatic heterocycles. The molecule has 2 aliphatic rings. The molecule has 5 nitrogen and oxygen atoms in total. The standard InChI is InChI=1S/C58H36N4O/c1-4-17-37(18-5-1)38-31-33-40(34-32-38)56-59-55(39-19-6-2-7-20-39)60-57(61-56)43-24-16-28-50-54(43)45-35-44-42-23-10-11-25-46(42)58(49(44)36-51(45)62(50)41-21-8-3-9-22-41)47-26-12-14-29-52(47)63-53-30-15-13-27-48(53)58/h1-36H. The van der Waals surface area contributed by atoms with Gasteiger partial charge in [0.25, 0.3) is 0 Å². The Balaban J connectivity index is 1.10. The SMILES string of the molecule is c1ccc(-c2ccc(-c3nc(-c4ccccc4)nc(-c4cccc5c4c4cc6c(cc4n5-c4ccccc4)C4(c5ccccc5Oc5ccccc54)c4ccccc4-6)n3)cc2)cc1. The molecule has 1 spiro atoms. The molecule has 0 bridgehead atoms. The third-order valence-electron chi connectivity index (χ3n) is 12.9. The van der Waals surface area contributed by atoms with Crippen molar-refractivity contribution in [3.05, 3.63) is 241 Å². The summed E-state index contributed by atoms with van der Waals surface area (Å²) in [5.74, 6) is 3.61. The van der Waals surface area contributed by atoms with Gasteiger partial charge in [-0.1, -0.05) is 176 Å². The van der Waals surface area contributed by atoms with Crippen LogP contribution in [0.2, 0.25) is 0 Å². The first-order valence-corrected chi connectivity index (χ1v) is 21.4. The van der Waals surface area contributed by atoms with Crippen molar-refractivity contribution in [2.75, 3.05) is 0 Å². The molecule has 0 fully saturated rings. The highest BCUT2D eigenvalue weighted by atomic mass is 16.5. The first-order chi connectivity index (χ1) is 31.2. The number of hydrogen-bond acceptors (Lipinski definition) is 4. The molecular formula is C58H36N4O. The van der Waals surface area contributed by atoms with Crippen LogP contribution in [-0.2, 0) is 5.41 Å². The molecule has 11 aromatic rings. The fourth-order valence-corrected chi connectivity index (χ4v) is 10.2. The van der Waals surface area contributed by atoms with Crippen LogP contribution in [0.5, 0.6) is 11.5 Å². The average molecular weight is 805 g/mol. The van der Waals surface area contributed by atoms with Crippen molar-refractivity contribution in [3.63, 3.8) is 0 Å². The van der Waals surface area contributed by atoms with Gasteiger partial charge in [0.1, 0.15) is 11.5 Å². The van der Waals surface area contributed by atoms with E-state index in [0.717, 1.165) is 77.9 Å². The molecule has 0 unspecified atom stereocenters. The summed E-state index contributed by atoms with van der Waals surface area (Å²) in [5, 5.41) is 2.21. The van der Waals surface area contributed by atoms with Crippen molar-refractivity contribution < 1.29 is 4.74 Å². The number of aromatic nitrogens is 4. The van der Waals surface area contributed by atoms with Gasteiger partial charge < -0.3 is 9.30 Å². The Labute approximate surface area is 364 Å². The van der Waals surface area contributed by atoms with Crippen molar-refractivity contribution in [2.45, 2.75) is 5.41 Å². The number of para-hydroxylation sites is 3. The molecule has 3 heterocycles. The molecule has 1 aliphatic carbocycles. The highest BCUT2D eigenvalue weighted by Crippen LogP contribution is 2.63. The minimum Gasteiger partial charge on any atom is -0.457 e. The number of rotatable bonds is 5. The first-order valence-electron chi connectivity index (χ1n) is 21.4. The van der Waals surface area contributed by atoms with E-state index in [4.69, 9.17) is 19.7 Å². The van der Waals surface area contributed by atoms with Gasteiger partial charge in [-0.05, 0) is 75.8 Å². The fraction of sp³-hybridized carbons (Fsp3) is 0.0172. The molecule has 9 aromatic carbocycles. The van der Waals surface area contributed by atoms with E-state index in [0.29, 0.717) is 17.5 Å². The molecule has 5 heteroatoms. The van der Waals surface area contributed by atoms with Crippen molar-refractivity contribution in [3.8, 4) is 73.6 Å². The maximum Gasteiger partial charge on any atom is 0.164 e. The molecule has 2 aromatic heterocycles. The highest BCUT2D eigenvalue weighted by Gasteiger charge is 2.51. The van der Waals surface area contributed by atoms with Crippen LogP contribution in [0, 0.1) is 0 Å². The topological polar surface area (TPSA) is 52.8 Å². The van der Waals surface area contributed by atoms with Crippen molar-refractivity contribution in [1.82, 2.24) is 19.5 Å². The zero-order valence-corrected chi connectivity index (χ0v) is 34.0. The van der Waals surface area contributed by atoms with Gasteiger partial charge >= 0.3 is 0 Å². The lowest BCUT2D eigenvalue weighted by Crippen LogP contribution is -2.32. The molecular weight excluding hydrogens is 769 g/mol. The van der Waals surface area contributed by atoms with Gasteiger partial charge in [-0.25, -0.2) is 15.0 Å². The van der Waals surface area contributed by atoms with Gasteiger partial charge in [0.2, 0.25) is 0 Å². The summed E-state index contributed by atoms with van der Waals surface area (Å²) in [6, 6.07) is 77.2. The maximum atomic E-state index is 6.67. The summed E-state index contributed by atoms with van der Waals surface area (Å²) in [4.78, 5) is 15.7. The van der Waals surface area contributed by atoms with E-state index < -0.39 is 5.41 Å². The second-order valence-corrected chi connectivity index (χ2v) is 16.3. The Morgan fingerprint density at radius 3 is 1.54 bits per heavy atom. The van der Waals surface area contributed by atoms with Crippen LogP contribution in [0.1, 0.15) is 22.3 Å². The summed E-state index contributed by atoms with van der Waals surface area (Å²) >= 11 is 0. The van der Waals surface area contributed by atoms with Crippen LogP contribution >= 0.6 is 0 Å².